The first-order valence-corrected chi connectivity index (χ1v) is 7.05. The molecule has 0 aliphatic heterocycles. The number of nitrogens with one attached hydrogen (secondary N) is 1. The average molecular weight is 254 g/mol. The fourth-order valence-corrected chi connectivity index (χ4v) is 3.11. The summed E-state index contributed by atoms with van der Waals surface area (Å²) >= 11 is 5.14. The van der Waals surface area contributed by atoms with E-state index in [1.807, 2.05) is 0 Å². The summed E-state index contributed by atoms with van der Waals surface area (Å²) in [7, 11) is 0. The molecule has 2 atom stereocenters. The molecule has 0 aromatic carbocycles. The molecule has 2 rings (SSSR count). The second-order valence-corrected chi connectivity index (χ2v) is 6.13. The monoisotopic (exact) mass is 254 g/mol. The van der Waals surface area contributed by atoms with Crippen molar-refractivity contribution in [3.63, 3.8) is 0 Å². The summed E-state index contributed by atoms with van der Waals surface area (Å²) < 4.78 is 0. The summed E-state index contributed by atoms with van der Waals surface area (Å²) in [4.78, 5) is 12.7. The van der Waals surface area contributed by atoms with Crippen LogP contribution in [0.25, 0.3) is 0 Å². The minimum atomic E-state index is -0.550. The van der Waals surface area contributed by atoms with Crippen molar-refractivity contribution < 1.29 is 4.79 Å². The number of nitrogens with two attached hydrogens (primary N) is 1. The Labute approximate surface area is 109 Å². The minimum absolute atomic E-state index is 0.0730. The van der Waals surface area contributed by atoms with Crippen LogP contribution in [-0.2, 0) is 4.79 Å². The molecule has 2 aliphatic carbocycles. The first-order chi connectivity index (χ1) is 8.06. The number of hydrogen-bond acceptors (Lipinski definition) is 2. The van der Waals surface area contributed by atoms with Crippen LogP contribution >= 0.6 is 12.2 Å². The van der Waals surface area contributed by atoms with Gasteiger partial charge in [-0.25, -0.2) is 0 Å². The van der Waals surface area contributed by atoms with Crippen molar-refractivity contribution in [2.75, 3.05) is 6.54 Å². The highest BCUT2D eigenvalue weighted by molar-refractivity contribution is 7.80. The Morgan fingerprint density at radius 3 is 2.47 bits per heavy atom. The van der Waals surface area contributed by atoms with E-state index in [-0.39, 0.29) is 5.91 Å². The molecular weight excluding hydrogens is 232 g/mol. The van der Waals surface area contributed by atoms with Gasteiger partial charge in [0.2, 0.25) is 5.91 Å². The maximum absolute atomic E-state index is 12.3. The van der Waals surface area contributed by atoms with Crippen molar-refractivity contribution >= 4 is 23.1 Å². The molecule has 96 valence electrons. The molecule has 3 nitrogen and oxygen atoms in total. The second kappa shape index (κ2) is 4.92. The van der Waals surface area contributed by atoms with Gasteiger partial charge >= 0.3 is 0 Å². The summed E-state index contributed by atoms with van der Waals surface area (Å²) in [5.41, 5.74) is 5.27. The summed E-state index contributed by atoms with van der Waals surface area (Å²) in [6, 6.07) is 0. The van der Waals surface area contributed by atoms with E-state index in [9.17, 15) is 4.79 Å². The van der Waals surface area contributed by atoms with Crippen LogP contribution in [0, 0.1) is 17.3 Å². The smallest absolute Gasteiger partial charge is 0.233 e. The molecule has 2 saturated carbocycles. The highest BCUT2D eigenvalue weighted by Gasteiger charge is 2.43. The molecule has 4 heteroatoms. The molecule has 1 amide bonds. The third-order valence-corrected chi connectivity index (χ3v) is 4.81. The van der Waals surface area contributed by atoms with Gasteiger partial charge in [-0.15, -0.1) is 0 Å². The molecule has 0 radical (unpaired) electrons. The number of amides is 1. The molecular formula is C13H22N2OS. The second-order valence-electron chi connectivity index (χ2n) is 5.69. The van der Waals surface area contributed by atoms with Crippen molar-refractivity contribution in [1.29, 1.82) is 0 Å². The van der Waals surface area contributed by atoms with E-state index in [2.05, 4.69) is 12.2 Å². The average Bonchev–Trinajstić information content (AvgIpc) is 3.03. The lowest BCUT2D eigenvalue weighted by atomic mass is 9.73. The Morgan fingerprint density at radius 2 is 2.00 bits per heavy atom. The topological polar surface area (TPSA) is 55.1 Å². The molecule has 0 aromatic heterocycles. The summed E-state index contributed by atoms with van der Waals surface area (Å²) in [6.45, 7) is 3.02. The lowest BCUT2D eigenvalue weighted by Gasteiger charge is -2.34. The van der Waals surface area contributed by atoms with Crippen molar-refractivity contribution in [3.05, 3.63) is 0 Å². The van der Waals surface area contributed by atoms with Crippen LogP contribution in [0.3, 0.4) is 0 Å². The standard InChI is InChI=1S/C13H22N2OS/c1-9-7-10(9)8-15-12(16)13(11(14)17)5-3-2-4-6-13/h9-10H,2-8H2,1H3,(H2,14,17)(H,15,16). The zero-order valence-corrected chi connectivity index (χ0v) is 11.3. The van der Waals surface area contributed by atoms with Crippen LogP contribution in [0.2, 0.25) is 0 Å². The van der Waals surface area contributed by atoms with Crippen LogP contribution in [0.5, 0.6) is 0 Å². The van der Waals surface area contributed by atoms with Gasteiger partial charge in [-0.05, 0) is 31.1 Å². The molecule has 3 N–H and O–H groups in total. The Kier molecular flexibility index (Phi) is 3.71. The van der Waals surface area contributed by atoms with Crippen LogP contribution in [-0.4, -0.2) is 17.4 Å². The van der Waals surface area contributed by atoms with Crippen molar-refractivity contribution in [1.82, 2.24) is 5.32 Å². The normalized spacial score (nSPS) is 30.6. The minimum Gasteiger partial charge on any atom is -0.392 e. The Morgan fingerprint density at radius 1 is 1.41 bits per heavy atom. The molecule has 0 bridgehead atoms. The maximum Gasteiger partial charge on any atom is 0.233 e. The summed E-state index contributed by atoms with van der Waals surface area (Å²) in [5.74, 6) is 1.51. The van der Waals surface area contributed by atoms with Gasteiger partial charge in [0.25, 0.3) is 0 Å². The number of rotatable bonds is 4. The quantitative estimate of drug-likeness (QED) is 0.754. The maximum atomic E-state index is 12.3. The molecule has 0 aromatic rings. The Balaban J connectivity index is 1.94. The van der Waals surface area contributed by atoms with Crippen molar-refractivity contribution in [2.24, 2.45) is 23.0 Å². The van der Waals surface area contributed by atoms with E-state index < -0.39 is 5.41 Å². The molecule has 17 heavy (non-hydrogen) atoms. The number of carbonyl (C=O) groups excluding carboxylic acids is 1. The van der Waals surface area contributed by atoms with E-state index in [1.54, 1.807) is 0 Å². The fraction of sp³-hybridized carbons (Fsp3) is 0.846. The molecule has 2 fully saturated rings. The van der Waals surface area contributed by atoms with E-state index >= 15 is 0 Å². The third-order valence-electron chi connectivity index (χ3n) is 4.41. The van der Waals surface area contributed by atoms with Crippen LogP contribution < -0.4 is 11.1 Å². The molecule has 2 aliphatic rings. The van der Waals surface area contributed by atoms with E-state index in [4.69, 9.17) is 18.0 Å². The van der Waals surface area contributed by atoms with Gasteiger partial charge in [-0.3, -0.25) is 4.79 Å². The van der Waals surface area contributed by atoms with E-state index in [1.165, 1.54) is 12.8 Å². The largest absolute Gasteiger partial charge is 0.392 e. The first kappa shape index (κ1) is 12.8. The van der Waals surface area contributed by atoms with Crippen LogP contribution in [0.15, 0.2) is 0 Å². The van der Waals surface area contributed by atoms with Gasteiger partial charge < -0.3 is 11.1 Å². The van der Waals surface area contributed by atoms with Crippen LogP contribution in [0.1, 0.15) is 45.4 Å². The highest BCUT2D eigenvalue weighted by Crippen LogP contribution is 2.39. The van der Waals surface area contributed by atoms with Gasteiger partial charge in [0.1, 0.15) is 0 Å². The number of carbonyl (C=O) groups is 1. The molecule has 2 unspecified atom stereocenters. The molecule has 0 heterocycles. The lowest BCUT2D eigenvalue weighted by molar-refractivity contribution is -0.128. The fourth-order valence-electron chi connectivity index (χ4n) is 2.82. The predicted octanol–water partition coefficient (Wildman–Crippen LogP) is 2.00. The summed E-state index contributed by atoms with van der Waals surface area (Å²) in [5, 5.41) is 3.06. The zero-order chi connectivity index (χ0) is 12.5. The SMILES string of the molecule is CC1CC1CNC(=O)C1(C(N)=S)CCCCC1. The van der Waals surface area contributed by atoms with Gasteiger partial charge in [-0.2, -0.15) is 0 Å². The Bertz CT molecular complexity index is 323. The van der Waals surface area contributed by atoms with Gasteiger partial charge in [-0.1, -0.05) is 38.4 Å². The zero-order valence-electron chi connectivity index (χ0n) is 10.5. The third kappa shape index (κ3) is 2.62. The lowest BCUT2D eigenvalue weighted by Crippen LogP contribution is -2.50. The van der Waals surface area contributed by atoms with Crippen LogP contribution in [0.4, 0.5) is 0 Å². The summed E-state index contributed by atoms with van der Waals surface area (Å²) in [6.07, 6.45) is 6.20. The van der Waals surface area contributed by atoms with Gasteiger partial charge in [0.05, 0.1) is 10.4 Å². The molecule has 0 saturated heterocycles. The number of thiocarbonyl (C=S) groups is 1. The Hall–Kier alpha value is -0.640. The van der Waals surface area contributed by atoms with Gasteiger partial charge in [0, 0.05) is 6.54 Å². The van der Waals surface area contributed by atoms with E-state index in [0.717, 1.165) is 38.1 Å². The molecule has 0 spiro atoms. The van der Waals surface area contributed by atoms with Gasteiger partial charge in [0.15, 0.2) is 0 Å². The first-order valence-electron chi connectivity index (χ1n) is 6.64. The number of hydrogen-bond donors (Lipinski definition) is 2. The predicted molar refractivity (Wildman–Crippen MR) is 72.6 cm³/mol. The van der Waals surface area contributed by atoms with Crippen molar-refractivity contribution in [2.45, 2.75) is 45.4 Å². The van der Waals surface area contributed by atoms with E-state index in [0.29, 0.717) is 10.9 Å². The highest BCUT2D eigenvalue weighted by atomic mass is 32.1. The van der Waals surface area contributed by atoms with Crippen molar-refractivity contribution in [3.8, 4) is 0 Å².